The molecule has 1 aromatic heterocycles. The lowest BCUT2D eigenvalue weighted by atomic mass is 9.83. The van der Waals surface area contributed by atoms with E-state index in [1.165, 1.54) is 6.42 Å². The predicted molar refractivity (Wildman–Crippen MR) is 75.8 cm³/mol. The molecule has 1 fully saturated rings. The molecule has 0 spiro atoms. The molecule has 19 heavy (non-hydrogen) atoms. The first-order chi connectivity index (χ1) is 9.27. The Bertz CT molecular complexity index is 399. The summed E-state index contributed by atoms with van der Waals surface area (Å²) >= 11 is 0. The summed E-state index contributed by atoms with van der Waals surface area (Å²) in [5.74, 6) is 0.133. The number of piperidine rings is 1. The van der Waals surface area contributed by atoms with E-state index >= 15 is 0 Å². The van der Waals surface area contributed by atoms with Crippen molar-refractivity contribution in [3.05, 3.63) is 30.1 Å². The number of likely N-dealkylation sites (N-methyl/N-ethyl adjacent to an activating group) is 1. The molecular weight excluding hydrogens is 238 g/mol. The molecule has 1 atom stereocenters. The Hall–Kier alpha value is -1.42. The van der Waals surface area contributed by atoms with E-state index in [-0.39, 0.29) is 11.4 Å². The molecule has 2 N–H and O–H groups in total. The Labute approximate surface area is 115 Å². The first-order valence-corrected chi connectivity index (χ1v) is 7.14. The monoisotopic (exact) mass is 261 g/mol. The summed E-state index contributed by atoms with van der Waals surface area (Å²) in [6.07, 6.45) is 7.85. The number of aryl methyl sites for hydroxylation is 1. The molecule has 1 aliphatic rings. The van der Waals surface area contributed by atoms with Gasteiger partial charge in [-0.2, -0.15) is 0 Å². The molecule has 4 heteroatoms. The van der Waals surface area contributed by atoms with Gasteiger partial charge < -0.3 is 10.6 Å². The predicted octanol–water partition coefficient (Wildman–Crippen LogP) is 1.66. The summed E-state index contributed by atoms with van der Waals surface area (Å²) in [5.41, 5.74) is 0.743. The second-order valence-corrected chi connectivity index (χ2v) is 5.22. The van der Waals surface area contributed by atoms with Gasteiger partial charge in [-0.15, -0.1) is 0 Å². The van der Waals surface area contributed by atoms with Crippen molar-refractivity contribution in [2.75, 3.05) is 13.6 Å². The van der Waals surface area contributed by atoms with Crippen molar-refractivity contribution >= 4 is 5.91 Å². The molecule has 104 valence electrons. The van der Waals surface area contributed by atoms with Gasteiger partial charge in [-0.1, -0.05) is 6.07 Å². The van der Waals surface area contributed by atoms with Crippen molar-refractivity contribution in [3.63, 3.8) is 0 Å². The van der Waals surface area contributed by atoms with Crippen LogP contribution in [0.1, 0.15) is 37.8 Å². The van der Waals surface area contributed by atoms with Crippen molar-refractivity contribution in [1.82, 2.24) is 15.6 Å². The molecule has 2 rings (SSSR count). The van der Waals surface area contributed by atoms with E-state index < -0.39 is 0 Å². The van der Waals surface area contributed by atoms with Crippen molar-refractivity contribution in [2.24, 2.45) is 0 Å². The normalized spacial score (nSPS) is 23.0. The van der Waals surface area contributed by atoms with Crippen LogP contribution in [0.15, 0.2) is 24.4 Å². The highest BCUT2D eigenvalue weighted by Crippen LogP contribution is 2.25. The van der Waals surface area contributed by atoms with Crippen LogP contribution in [0, 0.1) is 0 Å². The van der Waals surface area contributed by atoms with Gasteiger partial charge in [0.25, 0.3) is 0 Å². The van der Waals surface area contributed by atoms with Crippen LogP contribution in [-0.2, 0) is 11.2 Å². The van der Waals surface area contributed by atoms with E-state index in [4.69, 9.17) is 0 Å². The largest absolute Gasteiger partial charge is 0.358 e. The van der Waals surface area contributed by atoms with E-state index in [9.17, 15) is 4.79 Å². The lowest BCUT2D eigenvalue weighted by Crippen LogP contribution is -2.58. The second-order valence-electron chi connectivity index (χ2n) is 5.22. The number of hydrogen-bond donors (Lipinski definition) is 2. The molecule has 1 saturated heterocycles. The van der Waals surface area contributed by atoms with E-state index in [0.717, 1.165) is 44.3 Å². The van der Waals surface area contributed by atoms with Crippen LogP contribution in [0.5, 0.6) is 0 Å². The Kier molecular flexibility index (Phi) is 4.91. The SMILES string of the molecule is CNC(=O)C1(CCCc2ccccn2)CCCCN1. The Balaban J connectivity index is 1.91. The molecule has 1 unspecified atom stereocenters. The standard InChI is InChI=1S/C15H23N3O/c1-16-14(19)15(9-3-5-12-18-15)10-6-8-13-7-2-4-11-17-13/h2,4,7,11,18H,3,5-6,8-10,12H2,1H3,(H,16,19). The fourth-order valence-electron chi connectivity index (χ4n) is 2.85. The van der Waals surface area contributed by atoms with E-state index in [1.807, 2.05) is 24.4 Å². The molecule has 0 aliphatic carbocycles. The second kappa shape index (κ2) is 6.66. The maximum absolute atomic E-state index is 12.1. The molecule has 1 aliphatic heterocycles. The number of carbonyl (C=O) groups excluding carboxylic acids is 1. The smallest absolute Gasteiger partial charge is 0.240 e. The third-order valence-corrected chi connectivity index (χ3v) is 3.92. The molecule has 0 radical (unpaired) electrons. The molecule has 0 bridgehead atoms. The van der Waals surface area contributed by atoms with Gasteiger partial charge in [-0.3, -0.25) is 9.78 Å². The van der Waals surface area contributed by atoms with Crippen LogP contribution in [0.4, 0.5) is 0 Å². The maximum atomic E-state index is 12.1. The Morgan fingerprint density at radius 1 is 1.47 bits per heavy atom. The number of nitrogens with zero attached hydrogens (tertiary/aromatic N) is 1. The third kappa shape index (κ3) is 3.53. The van der Waals surface area contributed by atoms with Crippen molar-refractivity contribution in [3.8, 4) is 0 Å². The van der Waals surface area contributed by atoms with Crippen LogP contribution in [0.2, 0.25) is 0 Å². The van der Waals surface area contributed by atoms with Gasteiger partial charge in [-0.05, 0) is 57.2 Å². The Morgan fingerprint density at radius 3 is 3.00 bits per heavy atom. The minimum Gasteiger partial charge on any atom is -0.358 e. The third-order valence-electron chi connectivity index (χ3n) is 3.92. The highest BCUT2D eigenvalue weighted by atomic mass is 16.2. The van der Waals surface area contributed by atoms with Gasteiger partial charge in [0, 0.05) is 18.9 Å². The number of aromatic nitrogens is 1. The summed E-state index contributed by atoms with van der Waals surface area (Å²) in [7, 11) is 1.72. The molecule has 0 aromatic carbocycles. The van der Waals surface area contributed by atoms with Gasteiger partial charge in [0.2, 0.25) is 5.91 Å². The van der Waals surface area contributed by atoms with Crippen molar-refractivity contribution < 1.29 is 4.79 Å². The van der Waals surface area contributed by atoms with Crippen LogP contribution < -0.4 is 10.6 Å². The molecule has 0 saturated carbocycles. The van der Waals surface area contributed by atoms with Gasteiger partial charge in [0.05, 0.1) is 5.54 Å². The number of hydrogen-bond acceptors (Lipinski definition) is 3. The van der Waals surface area contributed by atoms with E-state index in [0.29, 0.717) is 0 Å². The van der Waals surface area contributed by atoms with E-state index in [1.54, 1.807) is 7.05 Å². The first kappa shape index (κ1) is 14.0. The van der Waals surface area contributed by atoms with Crippen molar-refractivity contribution in [1.29, 1.82) is 0 Å². The van der Waals surface area contributed by atoms with E-state index in [2.05, 4.69) is 15.6 Å². The zero-order valence-corrected chi connectivity index (χ0v) is 11.6. The number of nitrogens with one attached hydrogen (secondary N) is 2. The lowest BCUT2D eigenvalue weighted by Gasteiger charge is -2.36. The number of rotatable bonds is 5. The average Bonchev–Trinajstić information content (AvgIpc) is 2.48. The summed E-state index contributed by atoms with van der Waals surface area (Å²) in [6, 6.07) is 5.98. The van der Waals surface area contributed by atoms with Crippen LogP contribution in [0.25, 0.3) is 0 Å². The summed E-state index contributed by atoms with van der Waals surface area (Å²) in [6.45, 7) is 0.941. The zero-order chi connectivity index (χ0) is 13.6. The maximum Gasteiger partial charge on any atom is 0.240 e. The summed E-state index contributed by atoms with van der Waals surface area (Å²) in [4.78, 5) is 16.5. The van der Waals surface area contributed by atoms with Gasteiger partial charge in [0.15, 0.2) is 0 Å². The van der Waals surface area contributed by atoms with Gasteiger partial charge in [0.1, 0.15) is 0 Å². The molecule has 1 amide bonds. The minimum absolute atomic E-state index is 0.133. The van der Waals surface area contributed by atoms with Gasteiger partial charge >= 0.3 is 0 Å². The quantitative estimate of drug-likeness (QED) is 0.847. The molecule has 1 aromatic rings. The number of amides is 1. The number of pyridine rings is 1. The molecular formula is C15H23N3O. The highest BCUT2D eigenvalue weighted by molar-refractivity contribution is 5.86. The lowest BCUT2D eigenvalue weighted by molar-refractivity contribution is -0.128. The Morgan fingerprint density at radius 2 is 2.37 bits per heavy atom. The van der Waals surface area contributed by atoms with Crippen LogP contribution in [-0.4, -0.2) is 30.0 Å². The summed E-state index contributed by atoms with van der Waals surface area (Å²) < 4.78 is 0. The van der Waals surface area contributed by atoms with Gasteiger partial charge in [-0.25, -0.2) is 0 Å². The fraction of sp³-hybridized carbons (Fsp3) is 0.600. The zero-order valence-electron chi connectivity index (χ0n) is 11.6. The highest BCUT2D eigenvalue weighted by Gasteiger charge is 2.37. The number of carbonyl (C=O) groups is 1. The molecule has 2 heterocycles. The van der Waals surface area contributed by atoms with Crippen molar-refractivity contribution in [2.45, 2.75) is 44.1 Å². The first-order valence-electron chi connectivity index (χ1n) is 7.14. The fourth-order valence-corrected chi connectivity index (χ4v) is 2.85. The van der Waals surface area contributed by atoms with Crippen LogP contribution >= 0.6 is 0 Å². The topological polar surface area (TPSA) is 54.0 Å². The minimum atomic E-state index is -0.359. The molecule has 4 nitrogen and oxygen atoms in total. The average molecular weight is 261 g/mol. The van der Waals surface area contributed by atoms with Crippen LogP contribution in [0.3, 0.4) is 0 Å². The summed E-state index contributed by atoms with van der Waals surface area (Å²) in [5, 5.41) is 6.24.